The molecule has 0 saturated heterocycles. The van der Waals surface area contributed by atoms with Crippen molar-refractivity contribution in [3.63, 3.8) is 0 Å². The van der Waals surface area contributed by atoms with Crippen molar-refractivity contribution in [1.29, 1.82) is 0 Å². The number of hydrogen-bond acceptors (Lipinski definition) is 1. The van der Waals surface area contributed by atoms with E-state index in [2.05, 4.69) is 65.8 Å². The zero-order valence-corrected chi connectivity index (χ0v) is 20.8. The van der Waals surface area contributed by atoms with Gasteiger partial charge in [-0.05, 0) is 46.6 Å². The van der Waals surface area contributed by atoms with E-state index >= 15 is 0 Å². The molecule has 31 heavy (non-hydrogen) atoms. The molecule has 1 nitrogen and oxygen atoms in total. The van der Waals surface area contributed by atoms with Crippen molar-refractivity contribution in [2.75, 3.05) is 0 Å². The van der Waals surface area contributed by atoms with E-state index < -0.39 is 0 Å². The maximum absolute atomic E-state index is 14.8. The fraction of sp³-hybridized carbons (Fsp3) is 0.357. The molecule has 0 aliphatic carbocycles. The molecule has 3 heteroatoms. The lowest BCUT2D eigenvalue weighted by Crippen LogP contribution is -2.23. The second kappa shape index (κ2) is 9.13. The van der Waals surface area contributed by atoms with Crippen LogP contribution in [0.15, 0.2) is 60.7 Å². The van der Waals surface area contributed by atoms with Gasteiger partial charge in [0.1, 0.15) is 18.2 Å². The first-order valence-corrected chi connectivity index (χ1v) is 11.8. The third-order valence-electron chi connectivity index (χ3n) is 5.38. The summed E-state index contributed by atoms with van der Waals surface area (Å²) in [5.41, 5.74) is 4.37. The van der Waals surface area contributed by atoms with E-state index in [0.29, 0.717) is 6.61 Å². The third kappa shape index (κ3) is 5.95. The van der Waals surface area contributed by atoms with Crippen LogP contribution in [0.3, 0.4) is 0 Å². The molecule has 0 amide bonds. The lowest BCUT2D eigenvalue weighted by Gasteiger charge is -2.29. The predicted molar refractivity (Wildman–Crippen MR) is 133 cm³/mol. The molecular weight excluding hydrogens is 402 g/mol. The van der Waals surface area contributed by atoms with Gasteiger partial charge in [-0.15, -0.1) is 0 Å². The topological polar surface area (TPSA) is 9.23 Å². The molecule has 1 atom stereocenters. The summed E-state index contributed by atoms with van der Waals surface area (Å²) in [7, 11) is 0.189. The van der Waals surface area contributed by atoms with Gasteiger partial charge in [-0.25, -0.2) is 4.39 Å². The Labute approximate surface area is 188 Å². The molecule has 1 unspecified atom stereocenters. The highest BCUT2D eigenvalue weighted by atomic mass is 31.1. The summed E-state index contributed by atoms with van der Waals surface area (Å²) in [5, 5.41) is 1.79. The van der Waals surface area contributed by atoms with Gasteiger partial charge >= 0.3 is 0 Å². The SMILES string of the molecule is Cc1ccc(Pc2cc(C(C)(C)C)cc(C(C)(C)C)c2OCc2ccccc2)c(F)c1. The summed E-state index contributed by atoms with van der Waals surface area (Å²) in [6, 6.07) is 20.2. The Bertz CT molecular complexity index is 1040. The van der Waals surface area contributed by atoms with Crippen LogP contribution in [0.1, 0.15) is 63.8 Å². The molecule has 0 radical (unpaired) electrons. The van der Waals surface area contributed by atoms with Gasteiger partial charge in [0.25, 0.3) is 0 Å². The van der Waals surface area contributed by atoms with Gasteiger partial charge in [-0.1, -0.05) is 98.7 Å². The van der Waals surface area contributed by atoms with E-state index in [4.69, 9.17) is 4.74 Å². The molecule has 0 aromatic heterocycles. The lowest BCUT2D eigenvalue weighted by atomic mass is 9.80. The van der Waals surface area contributed by atoms with Crippen LogP contribution in [0.4, 0.5) is 4.39 Å². The fourth-order valence-electron chi connectivity index (χ4n) is 3.46. The van der Waals surface area contributed by atoms with Gasteiger partial charge in [0.2, 0.25) is 0 Å². The van der Waals surface area contributed by atoms with Crippen LogP contribution in [0, 0.1) is 12.7 Å². The average molecular weight is 437 g/mol. The van der Waals surface area contributed by atoms with E-state index in [1.165, 1.54) is 11.1 Å². The predicted octanol–water partition coefficient (Wildman–Crippen LogP) is 6.94. The molecule has 0 saturated carbocycles. The van der Waals surface area contributed by atoms with E-state index in [1.807, 2.05) is 37.3 Å². The van der Waals surface area contributed by atoms with Crippen molar-refractivity contribution < 1.29 is 9.13 Å². The minimum absolute atomic E-state index is 0.0109. The quantitative estimate of drug-likeness (QED) is 0.394. The zero-order chi connectivity index (χ0) is 22.8. The van der Waals surface area contributed by atoms with Crippen LogP contribution >= 0.6 is 8.58 Å². The molecule has 0 fully saturated rings. The van der Waals surface area contributed by atoms with Crippen LogP contribution in [0.5, 0.6) is 5.75 Å². The summed E-state index contributed by atoms with van der Waals surface area (Å²) < 4.78 is 21.2. The highest BCUT2D eigenvalue weighted by Gasteiger charge is 2.26. The monoisotopic (exact) mass is 436 g/mol. The summed E-state index contributed by atoms with van der Waals surface area (Å²) in [6.45, 7) is 15.7. The van der Waals surface area contributed by atoms with Crippen molar-refractivity contribution in [3.8, 4) is 5.75 Å². The normalized spacial score (nSPS) is 12.5. The Balaban J connectivity index is 2.13. The van der Waals surface area contributed by atoms with Crippen LogP contribution in [-0.4, -0.2) is 0 Å². The molecule has 3 aromatic carbocycles. The molecule has 0 N–H and O–H groups in total. The second-order valence-corrected chi connectivity index (χ2v) is 11.6. The van der Waals surface area contributed by atoms with Crippen molar-refractivity contribution >= 4 is 19.2 Å². The molecule has 0 heterocycles. The number of aryl methyl sites for hydroxylation is 1. The second-order valence-electron chi connectivity index (χ2n) is 10.3. The van der Waals surface area contributed by atoms with E-state index in [1.54, 1.807) is 6.07 Å². The Morgan fingerprint density at radius 1 is 0.806 bits per heavy atom. The highest BCUT2D eigenvalue weighted by molar-refractivity contribution is 7.55. The smallest absolute Gasteiger partial charge is 0.131 e. The molecule has 0 aliphatic rings. The van der Waals surface area contributed by atoms with Crippen LogP contribution < -0.4 is 15.3 Å². The standard InChI is InChI=1S/C28H34FOP/c1-19-13-14-24(23(29)15-19)31-25-17-21(27(2,3)4)16-22(28(5,6)7)26(25)30-18-20-11-9-8-10-12-20/h8-17,31H,18H2,1-7H3. The molecular formula is C28H34FOP. The first kappa shape index (κ1) is 23.5. The number of hydrogen-bond donors (Lipinski definition) is 0. The Morgan fingerprint density at radius 3 is 2.06 bits per heavy atom. The van der Waals surface area contributed by atoms with Gasteiger partial charge in [-0.2, -0.15) is 0 Å². The van der Waals surface area contributed by atoms with E-state index in [0.717, 1.165) is 27.5 Å². The first-order valence-electron chi connectivity index (χ1n) is 10.8. The Morgan fingerprint density at radius 2 is 1.48 bits per heavy atom. The zero-order valence-electron chi connectivity index (χ0n) is 19.8. The van der Waals surface area contributed by atoms with Crippen LogP contribution in [-0.2, 0) is 17.4 Å². The fourth-order valence-corrected chi connectivity index (χ4v) is 4.66. The summed E-state index contributed by atoms with van der Waals surface area (Å²) >= 11 is 0. The van der Waals surface area contributed by atoms with Crippen LogP contribution in [0.25, 0.3) is 0 Å². The molecule has 0 aliphatic heterocycles. The highest BCUT2D eigenvalue weighted by Crippen LogP contribution is 2.37. The maximum atomic E-state index is 14.8. The summed E-state index contributed by atoms with van der Waals surface area (Å²) in [4.78, 5) is 0. The van der Waals surface area contributed by atoms with Crippen molar-refractivity contribution in [1.82, 2.24) is 0 Å². The number of rotatable bonds is 5. The minimum atomic E-state index is -0.147. The van der Waals surface area contributed by atoms with Crippen molar-refractivity contribution in [2.45, 2.75) is 65.9 Å². The maximum Gasteiger partial charge on any atom is 0.131 e. The van der Waals surface area contributed by atoms with Crippen molar-refractivity contribution in [3.05, 3.63) is 88.7 Å². The van der Waals surface area contributed by atoms with Gasteiger partial charge in [0.05, 0.1) is 0 Å². The summed E-state index contributed by atoms with van der Waals surface area (Å²) in [5.74, 6) is 0.744. The van der Waals surface area contributed by atoms with Gasteiger partial charge in [-0.3, -0.25) is 0 Å². The first-order chi connectivity index (χ1) is 14.4. The minimum Gasteiger partial charge on any atom is -0.488 e. The van der Waals surface area contributed by atoms with Gasteiger partial charge < -0.3 is 4.74 Å². The molecule has 3 rings (SSSR count). The number of halogens is 1. The van der Waals surface area contributed by atoms with E-state index in [9.17, 15) is 4.39 Å². The third-order valence-corrected chi connectivity index (χ3v) is 6.70. The van der Waals surface area contributed by atoms with Gasteiger partial charge in [0.15, 0.2) is 0 Å². The Hall–Kier alpha value is -2.18. The van der Waals surface area contributed by atoms with E-state index in [-0.39, 0.29) is 25.2 Å². The van der Waals surface area contributed by atoms with Crippen LogP contribution in [0.2, 0.25) is 0 Å². The molecule has 0 spiro atoms. The van der Waals surface area contributed by atoms with Crippen molar-refractivity contribution in [2.24, 2.45) is 0 Å². The van der Waals surface area contributed by atoms with Gasteiger partial charge in [0, 0.05) is 16.2 Å². The largest absolute Gasteiger partial charge is 0.488 e. The molecule has 0 bridgehead atoms. The molecule has 164 valence electrons. The summed E-state index contributed by atoms with van der Waals surface area (Å²) in [6.07, 6.45) is 0. The lowest BCUT2D eigenvalue weighted by molar-refractivity contribution is 0.300. The number of ether oxygens (including phenoxy) is 1. The average Bonchev–Trinajstić information content (AvgIpc) is 2.68. The Kier molecular flexibility index (Phi) is 6.92. The number of benzene rings is 3. The molecule has 3 aromatic rings.